The van der Waals surface area contributed by atoms with Crippen LogP contribution in [-0.2, 0) is 23.9 Å². The third-order valence-electron chi connectivity index (χ3n) is 4.66. The maximum atomic E-state index is 12.2. The molecule has 2 saturated heterocycles. The summed E-state index contributed by atoms with van der Waals surface area (Å²) in [7, 11) is 0. The first kappa shape index (κ1) is 21.6. The van der Waals surface area contributed by atoms with E-state index < -0.39 is 12.0 Å². The molecule has 152 valence electrons. The minimum atomic E-state index is -0.779. The van der Waals surface area contributed by atoms with Crippen LogP contribution < -0.4 is 10.6 Å². The van der Waals surface area contributed by atoms with Crippen LogP contribution in [0.3, 0.4) is 0 Å². The molecular weight excluding hydrogens is 370 g/mol. The number of thiocarbonyl (C=S) groups is 1. The van der Waals surface area contributed by atoms with Crippen LogP contribution in [0.1, 0.15) is 51.9 Å². The Labute approximate surface area is 165 Å². The predicted molar refractivity (Wildman–Crippen MR) is 103 cm³/mol. The van der Waals surface area contributed by atoms with Crippen molar-refractivity contribution in [3.63, 3.8) is 0 Å². The smallest absolute Gasteiger partial charge is 0.308 e. The van der Waals surface area contributed by atoms with Gasteiger partial charge in [0, 0.05) is 26.1 Å². The van der Waals surface area contributed by atoms with Gasteiger partial charge in [0.25, 0.3) is 0 Å². The SMILES string of the molecule is CCCCCC(=O)NC(=S)N1CCNC(=O)[C@@H]1CC(=O)OC[C@@H]1CCCO1. The minimum absolute atomic E-state index is 0.0614. The summed E-state index contributed by atoms with van der Waals surface area (Å²) in [6.07, 6.45) is 4.85. The highest BCUT2D eigenvalue weighted by Crippen LogP contribution is 2.14. The number of ether oxygens (including phenoxy) is 2. The van der Waals surface area contributed by atoms with Crippen molar-refractivity contribution in [3.05, 3.63) is 0 Å². The number of unbranched alkanes of at least 4 members (excludes halogenated alkanes) is 2. The number of hydrogen-bond donors (Lipinski definition) is 2. The Hall–Kier alpha value is -1.74. The standard InChI is InChI=1S/C18H29N3O5S/c1-2-3-4-7-15(22)20-18(27)21-9-8-19-17(24)14(21)11-16(23)26-12-13-6-5-10-25-13/h13-14H,2-12H2,1H3,(H,19,24)(H,20,22,27)/t13-,14-/m0/s1. The van der Waals surface area contributed by atoms with E-state index in [9.17, 15) is 14.4 Å². The normalized spacial score (nSPS) is 22.3. The first-order valence-corrected chi connectivity index (χ1v) is 10.1. The molecule has 2 heterocycles. The van der Waals surface area contributed by atoms with Crippen LogP contribution >= 0.6 is 12.2 Å². The van der Waals surface area contributed by atoms with E-state index in [4.69, 9.17) is 21.7 Å². The molecule has 0 aromatic rings. The highest BCUT2D eigenvalue weighted by molar-refractivity contribution is 7.80. The van der Waals surface area contributed by atoms with E-state index in [-0.39, 0.29) is 36.1 Å². The molecule has 0 bridgehead atoms. The molecule has 2 rings (SSSR count). The number of carbonyl (C=O) groups is 3. The number of amides is 2. The van der Waals surface area contributed by atoms with Crippen LogP contribution in [0.15, 0.2) is 0 Å². The highest BCUT2D eigenvalue weighted by Gasteiger charge is 2.34. The Morgan fingerprint density at radius 3 is 2.93 bits per heavy atom. The fourth-order valence-electron chi connectivity index (χ4n) is 3.13. The van der Waals surface area contributed by atoms with Gasteiger partial charge in [-0.3, -0.25) is 14.4 Å². The Bertz CT molecular complexity index is 551. The lowest BCUT2D eigenvalue weighted by Crippen LogP contribution is -2.60. The fourth-order valence-corrected chi connectivity index (χ4v) is 3.46. The van der Waals surface area contributed by atoms with E-state index >= 15 is 0 Å². The van der Waals surface area contributed by atoms with Crippen molar-refractivity contribution >= 4 is 35.1 Å². The molecule has 0 saturated carbocycles. The van der Waals surface area contributed by atoms with E-state index in [1.807, 2.05) is 0 Å². The lowest BCUT2D eigenvalue weighted by atomic mass is 10.1. The average Bonchev–Trinajstić information content (AvgIpc) is 3.15. The molecule has 2 amide bonds. The summed E-state index contributed by atoms with van der Waals surface area (Å²) in [5.74, 6) is -0.938. The predicted octanol–water partition coefficient (Wildman–Crippen LogP) is 0.881. The van der Waals surface area contributed by atoms with E-state index in [1.54, 1.807) is 4.90 Å². The lowest BCUT2D eigenvalue weighted by Gasteiger charge is -2.36. The van der Waals surface area contributed by atoms with Crippen LogP contribution in [-0.4, -0.2) is 66.2 Å². The van der Waals surface area contributed by atoms with Crippen LogP contribution in [0, 0.1) is 0 Å². The van der Waals surface area contributed by atoms with Gasteiger partial charge in [-0.1, -0.05) is 19.8 Å². The maximum Gasteiger partial charge on any atom is 0.308 e. The van der Waals surface area contributed by atoms with Crippen LogP contribution in [0.5, 0.6) is 0 Å². The summed E-state index contributed by atoms with van der Waals surface area (Å²) in [4.78, 5) is 38.0. The Morgan fingerprint density at radius 2 is 2.22 bits per heavy atom. The van der Waals surface area contributed by atoms with E-state index in [1.165, 1.54) is 0 Å². The first-order chi connectivity index (χ1) is 13.0. The second-order valence-electron chi connectivity index (χ2n) is 6.83. The quantitative estimate of drug-likeness (QED) is 0.355. The van der Waals surface area contributed by atoms with Gasteiger partial charge < -0.3 is 25.0 Å². The molecule has 2 N–H and O–H groups in total. The van der Waals surface area contributed by atoms with Gasteiger partial charge in [-0.2, -0.15) is 0 Å². The van der Waals surface area contributed by atoms with Crippen LogP contribution in [0.25, 0.3) is 0 Å². The molecule has 0 aromatic carbocycles. The fraction of sp³-hybridized carbons (Fsp3) is 0.778. The topological polar surface area (TPSA) is 97.0 Å². The number of hydrogen-bond acceptors (Lipinski definition) is 6. The van der Waals surface area contributed by atoms with Crippen molar-refractivity contribution in [2.45, 2.75) is 64.0 Å². The van der Waals surface area contributed by atoms with E-state index in [2.05, 4.69) is 17.6 Å². The minimum Gasteiger partial charge on any atom is -0.463 e. The molecule has 2 atom stereocenters. The molecule has 8 nitrogen and oxygen atoms in total. The van der Waals surface area contributed by atoms with Crippen molar-refractivity contribution in [3.8, 4) is 0 Å². The number of carbonyl (C=O) groups excluding carboxylic acids is 3. The Kier molecular flexibility index (Phi) is 8.93. The highest BCUT2D eigenvalue weighted by atomic mass is 32.1. The summed E-state index contributed by atoms with van der Waals surface area (Å²) in [6, 6.07) is -0.779. The molecule has 0 aliphatic carbocycles. The van der Waals surface area contributed by atoms with Gasteiger partial charge in [-0.15, -0.1) is 0 Å². The van der Waals surface area contributed by atoms with Gasteiger partial charge in [-0.05, 0) is 31.5 Å². The van der Waals surface area contributed by atoms with Gasteiger partial charge in [0.15, 0.2) is 5.11 Å². The summed E-state index contributed by atoms with van der Waals surface area (Å²) in [5, 5.41) is 5.59. The number of piperazine rings is 1. The number of rotatable bonds is 8. The monoisotopic (exact) mass is 399 g/mol. The lowest BCUT2D eigenvalue weighted by molar-refractivity contribution is -0.150. The van der Waals surface area contributed by atoms with Crippen molar-refractivity contribution in [2.24, 2.45) is 0 Å². The maximum absolute atomic E-state index is 12.2. The third kappa shape index (κ3) is 7.06. The summed E-state index contributed by atoms with van der Waals surface area (Å²) < 4.78 is 10.7. The van der Waals surface area contributed by atoms with Gasteiger partial charge >= 0.3 is 5.97 Å². The summed E-state index contributed by atoms with van der Waals surface area (Å²) in [5.41, 5.74) is 0. The van der Waals surface area contributed by atoms with Gasteiger partial charge in [0.05, 0.1) is 12.5 Å². The zero-order chi connectivity index (χ0) is 19.6. The number of nitrogens with one attached hydrogen (secondary N) is 2. The second kappa shape index (κ2) is 11.2. The first-order valence-electron chi connectivity index (χ1n) is 9.66. The Morgan fingerprint density at radius 1 is 1.41 bits per heavy atom. The zero-order valence-corrected chi connectivity index (χ0v) is 16.6. The average molecular weight is 400 g/mol. The zero-order valence-electron chi connectivity index (χ0n) is 15.8. The largest absolute Gasteiger partial charge is 0.463 e. The molecule has 9 heteroatoms. The van der Waals surface area contributed by atoms with Crippen LogP contribution in [0.4, 0.5) is 0 Å². The molecule has 0 unspecified atom stereocenters. The number of esters is 1. The summed E-state index contributed by atoms with van der Waals surface area (Å²) in [6.45, 7) is 3.80. The second-order valence-corrected chi connectivity index (χ2v) is 7.22. The molecule has 0 radical (unpaired) electrons. The molecule has 0 spiro atoms. The molecular formula is C18H29N3O5S. The van der Waals surface area contributed by atoms with Crippen molar-refractivity contribution in [2.75, 3.05) is 26.3 Å². The van der Waals surface area contributed by atoms with E-state index in [0.717, 1.165) is 32.1 Å². The molecule has 2 aliphatic heterocycles. The number of nitrogens with zero attached hydrogens (tertiary/aromatic N) is 1. The summed E-state index contributed by atoms with van der Waals surface area (Å²) >= 11 is 5.31. The molecule has 27 heavy (non-hydrogen) atoms. The van der Waals surface area contributed by atoms with Crippen molar-refractivity contribution in [1.29, 1.82) is 0 Å². The molecule has 0 aromatic heterocycles. The van der Waals surface area contributed by atoms with Crippen molar-refractivity contribution < 1.29 is 23.9 Å². The van der Waals surface area contributed by atoms with Crippen molar-refractivity contribution in [1.82, 2.24) is 15.5 Å². The Balaban J connectivity index is 1.85. The molecule has 2 aliphatic rings. The third-order valence-corrected chi connectivity index (χ3v) is 5.00. The van der Waals surface area contributed by atoms with Gasteiger partial charge in [0.2, 0.25) is 11.8 Å². The van der Waals surface area contributed by atoms with Gasteiger partial charge in [-0.25, -0.2) is 0 Å². The van der Waals surface area contributed by atoms with E-state index in [0.29, 0.717) is 26.1 Å². The van der Waals surface area contributed by atoms with Crippen LogP contribution in [0.2, 0.25) is 0 Å². The van der Waals surface area contributed by atoms with Gasteiger partial charge in [0.1, 0.15) is 12.6 Å². The molecule has 2 fully saturated rings.